The Hall–Kier alpha value is -0.540. The highest BCUT2D eigenvalue weighted by atomic mass is 79.9. The molecule has 1 amide bonds. The zero-order valence-electron chi connectivity index (χ0n) is 9.39. The van der Waals surface area contributed by atoms with E-state index >= 15 is 0 Å². The minimum Gasteiger partial charge on any atom is -0.350 e. The molecule has 0 aromatic heterocycles. The molecule has 0 heterocycles. The Labute approximate surface area is 110 Å². The predicted molar refractivity (Wildman–Crippen MR) is 71.0 cm³/mol. The fourth-order valence-electron chi connectivity index (χ4n) is 1.48. The van der Waals surface area contributed by atoms with Gasteiger partial charge in [0.2, 0.25) is 0 Å². The van der Waals surface area contributed by atoms with Crippen LogP contribution < -0.4 is 5.32 Å². The number of hydrogen-bond acceptors (Lipinski definition) is 1. The Morgan fingerprint density at radius 3 is 2.88 bits per heavy atom. The number of amides is 1. The lowest BCUT2D eigenvalue weighted by molar-refractivity contribution is 0.0938. The quantitative estimate of drug-likeness (QED) is 0.894. The fraction of sp³-hybridized carbons (Fsp3) is 0.417. The number of nitrogens with one attached hydrogen (secondary N) is 1. The minimum absolute atomic E-state index is 0.118. The average molecular weight is 305 g/mol. The van der Waals surface area contributed by atoms with Crippen molar-refractivity contribution in [3.05, 3.63) is 33.3 Å². The van der Waals surface area contributed by atoms with Gasteiger partial charge in [-0.1, -0.05) is 40.9 Å². The highest BCUT2D eigenvalue weighted by molar-refractivity contribution is 9.10. The van der Waals surface area contributed by atoms with E-state index in [4.69, 9.17) is 11.6 Å². The summed E-state index contributed by atoms with van der Waals surface area (Å²) in [7, 11) is 0. The summed E-state index contributed by atoms with van der Waals surface area (Å²) >= 11 is 9.29. The van der Waals surface area contributed by atoms with Gasteiger partial charge in [-0.3, -0.25) is 4.79 Å². The van der Waals surface area contributed by atoms with Crippen LogP contribution in [0.3, 0.4) is 0 Å². The molecule has 1 rings (SSSR count). The summed E-state index contributed by atoms with van der Waals surface area (Å²) in [6.07, 6.45) is 2.02. The lowest BCUT2D eigenvalue weighted by Crippen LogP contribution is -2.32. The van der Waals surface area contributed by atoms with Crippen LogP contribution in [-0.4, -0.2) is 11.9 Å². The van der Waals surface area contributed by atoms with Crippen LogP contribution in [0, 0.1) is 0 Å². The summed E-state index contributed by atoms with van der Waals surface area (Å²) in [5.41, 5.74) is 0.513. The molecular formula is C12H15BrClNO. The monoisotopic (exact) mass is 303 g/mol. The van der Waals surface area contributed by atoms with E-state index in [1.165, 1.54) is 0 Å². The molecule has 1 aromatic rings. The zero-order chi connectivity index (χ0) is 12.1. The molecule has 0 saturated heterocycles. The van der Waals surface area contributed by atoms with Crippen LogP contribution in [-0.2, 0) is 0 Å². The van der Waals surface area contributed by atoms with Crippen LogP contribution >= 0.6 is 27.5 Å². The second-order valence-corrected chi connectivity index (χ2v) is 5.11. The van der Waals surface area contributed by atoms with E-state index < -0.39 is 0 Å². The van der Waals surface area contributed by atoms with Gasteiger partial charge in [0, 0.05) is 10.5 Å². The van der Waals surface area contributed by atoms with Crippen LogP contribution in [0.5, 0.6) is 0 Å². The molecular weight excluding hydrogens is 289 g/mol. The molecule has 1 N–H and O–H groups in total. The SMILES string of the molecule is CCCC(C)NC(=O)c1cc(Br)ccc1Cl. The first kappa shape index (κ1) is 13.5. The number of rotatable bonds is 4. The molecule has 1 atom stereocenters. The highest BCUT2D eigenvalue weighted by Crippen LogP contribution is 2.21. The van der Waals surface area contributed by atoms with Gasteiger partial charge in [0.25, 0.3) is 5.91 Å². The molecule has 0 saturated carbocycles. The van der Waals surface area contributed by atoms with Crippen molar-refractivity contribution >= 4 is 33.4 Å². The number of carbonyl (C=O) groups excluding carboxylic acids is 1. The highest BCUT2D eigenvalue weighted by Gasteiger charge is 2.12. The molecule has 1 aromatic carbocycles. The number of halogens is 2. The molecule has 88 valence electrons. The second kappa shape index (κ2) is 6.26. The van der Waals surface area contributed by atoms with Crippen LogP contribution in [0.15, 0.2) is 22.7 Å². The fourth-order valence-corrected chi connectivity index (χ4v) is 2.04. The second-order valence-electron chi connectivity index (χ2n) is 3.79. The Kier molecular flexibility index (Phi) is 5.29. The van der Waals surface area contributed by atoms with Crippen LogP contribution in [0.1, 0.15) is 37.0 Å². The lowest BCUT2D eigenvalue weighted by atomic mass is 10.1. The van der Waals surface area contributed by atoms with Gasteiger partial charge in [-0.05, 0) is 31.5 Å². The normalized spacial score (nSPS) is 12.2. The van der Waals surface area contributed by atoms with E-state index in [0.717, 1.165) is 17.3 Å². The van der Waals surface area contributed by atoms with Gasteiger partial charge in [0.05, 0.1) is 10.6 Å². The van der Waals surface area contributed by atoms with Gasteiger partial charge < -0.3 is 5.32 Å². The molecule has 4 heteroatoms. The molecule has 0 spiro atoms. The van der Waals surface area contributed by atoms with E-state index in [9.17, 15) is 4.79 Å². The summed E-state index contributed by atoms with van der Waals surface area (Å²) in [5.74, 6) is -0.118. The Balaban J connectivity index is 2.76. The number of carbonyl (C=O) groups is 1. The molecule has 0 aliphatic rings. The molecule has 0 aliphatic carbocycles. The summed E-state index contributed by atoms with van der Waals surface area (Å²) in [6, 6.07) is 5.43. The Morgan fingerprint density at radius 1 is 1.56 bits per heavy atom. The van der Waals surface area contributed by atoms with E-state index in [-0.39, 0.29) is 11.9 Å². The third kappa shape index (κ3) is 3.80. The first-order valence-electron chi connectivity index (χ1n) is 5.30. The van der Waals surface area contributed by atoms with Gasteiger partial charge in [0.1, 0.15) is 0 Å². The molecule has 0 fully saturated rings. The molecule has 0 radical (unpaired) electrons. The molecule has 1 unspecified atom stereocenters. The maximum absolute atomic E-state index is 11.9. The molecule has 2 nitrogen and oxygen atoms in total. The van der Waals surface area contributed by atoms with Gasteiger partial charge in [-0.2, -0.15) is 0 Å². The third-order valence-electron chi connectivity index (χ3n) is 2.27. The minimum atomic E-state index is -0.118. The maximum Gasteiger partial charge on any atom is 0.253 e. The first-order valence-corrected chi connectivity index (χ1v) is 6.47. The van der Waals surface area contributed by atoms with Crippen molar-refractivity contribution in [1.82, 2.24) is 5.32 Å². The van der Waals surface area contributed by atoms with Gasteiger partial charge in [-0.15, -0.1) is 0 Å². The van der Waals surface area contributed by atoms with Crippen molar-refractivity contribution in [2.24, 2.45) is 0 Å². The summed E-state index contributed by atoms with van der Waals surface area (Å²) in [5, 5.41) is 3.40. The van der Waals surface area contributed by atoms with Crippen LogP contribution in [0.25, 0.3) is 0 Å². The smallest absolute Gasteiger partial charge is 0.253 e. The van der Waals surface area contributed by atoms with Crippen molar-refractivity contribution in [3.63, 3.8) is 0 Å². The molecule has 16 heavy (non-hydrogen) atoms. The molecule has 0 bridgehead atoms. The first-order chi connectivity index (χ1) is 7.54. The molecule has 0 aliphatic heterocycles. The van der Waals surface area contributed by atoms with Crippen molar-refractivity contribution in [2.45, 2.75) is 32.7 Å². The Morgan fingerprint density at radius 2 is 2.25 bits per heavy atom. The number of benzene rings is 1. The van der Waals surface area contributed by atoms with Crippen molar-refractivity contribution in [2.75, 3.05) is 0 Å². The van der Waals surface area contributed by atoms with E-state index in [2.05, 4.69) is 28.2 Å². The number of hydrogen-bond donors (Lipinski definition) is 1. The third-order valence-corrected chi connectivity index (χ3v) is 3.10. The average Bonchev–Trinajstić information content (AvgIpc) is 2.21. The van der Waals surface area contributed by atoms with Gasteiger partial charge in [0.15, 0.2) is 0 Å². The topological polar surface area (TPSA) is 29.1 Å². The van der Waals surface area contributed by atoms with Crippen molar-refractivity contribution in [3.8, 4) is 0 Å². The van der Waals surface area contributed by atoms with Crippen molar-refractivity contribution < 1.29 is 4.79 Å². The van der Waals surface area contributed by atoms with Gasteiger partial charge >= 0.3 is 0 Å². The van der Waals surface area contributed by atoms with Crippen LogP contribution in [0.4, 0.5) is 0 Å². The summed E-state index contributed by atoms with van der Waals surface area (Å²) < 4.78 is 0.852. The Bertz CT molecular complexity index is 381. The summed E-state index contributed by atoms with van der Waals surface area (Å²) in [6.45, 7) is 4.09. The van der Waals surface area contributed by atoms with E-state index in [0.29, 0.717) is 10.6 Å². The standard InChI is InChI=1S/C12H15BrClNO/c1-3-4-8(2)15-12(16)10-7-9(13)5-6-11(10)14/h5-8H,3-4H2,1-2H3,(H,15,16). The largest absolute Gasteiger partial charge is 0.350 e. The van der Waals surface area contributed by atoms with Crippen LogP contribution in [0.2, 0.25) is 5.02 Å². The van der Waals surface area contributed by atoms with Gasteiger partial charge in [-0.25, -0.2) is 0 Å². The zero-order valence-corrected chi connectivity index (χ0v) is 11.7. The predicted octanol–water partition coefficient (Wildman–Crippen LogP) is 4.02. The van der Waals surface area contributed by atoms with E-state index in [1.54, 1.807) is 12.1 Å². The lowest BCUT2D eigenvalue weighted by Gasteiger charge is -2.13. The summed E-state index contributed by atoms with van der Waals surface area (Å²) in [4.78, 5) is 11.9. The van der Waals surface area contributed by atoms with E-state index in [1.807, 2.05) is 13.0 Å². The van der Waals surface area contributed by atoms with Crippen molar-refractivity contribution in [1.29, 1.82) is 0 Å². The maximum atomic E-state index is 11.9.